The second-order valence-corrected chi connectivity index (χ2v) is 5.39. The summed E-state index contributed by atoms with van der Waals surface area (Å²) in [6.45, 7) is 5.13. The van der Waals surface area contributed by atoms with E-state index in [1.807, 2.05) is 0 Å². The molecule has 3 heteroatoms. The molecule has 17 heavy (non-hydrogen) atoms. The van der Waals surface area contributed by atoms with Crippen molar-refractivity contribution in [3.8, 4) is 0 Å². The van der Waals surface area contributed by atoms with E-state index < -0.39 is 0 Å². The minimum atomic E-state index is 0.226. The van der Waals surface area contributed by atoms with Gasteiger partial charge >= 0.3 is 0 Å². The van der Waals surface area contributed by atoms with E-state index in [1.54, 1.807) is 0 Å². The highest BCUT2D eigenvalue weighted by molar-refractivity contribution is 4.79. The van der Waals surface area contributed by atoms with Gasteiger partial charge in [0.1, 0.15) is 0 Å². The zero-order valence-corrected chi connectivity index (χ0v) is 11.7. The summed E-state index contributed by atoms with van der Waals surface area (Å²) in [5.74, 6) is 0. The van der Waals surface area contributed by atoms with Crippen molar-refractivity contribution in [2.75, 3.05) is 26.7 Å². The van der Waals surface area contributed by atoms with Crippen molar-refractivity contribution < 1.29 is 4.74 Å². The first-order chi connectivity index (χ1) is 8.24. The molecule has 2 unspecified atom stereocenters. The minimum Gasteiger partial charge on any atom is -0.374 e. The summed E-state index contributed by atoms with van der Waals surface area (Å²) in [5.41, 5.74) is 6.20. The third-order valence-corrected chi connectivity index (χ3v) is 3.67. The van der Waals surface area contributed by atoms with Crippen LogP contribution >= 0.6 is 0 Å². The van der Waals surface area contributed by atoms with E-state index in [-0.39, 0.29) is 12.1 Å². The van der Waals surface area contributed by atoms with Gasteiger partial charge in [0.05, 0.1) is 12.7 Å². The first kappa shape index (κ1) is 14.9. The normalized spacial score (nSPS) is 23.8. The summed E-state index contributed by atoms with van der Waals surface area (Å²) in [4.78, 5) is 2.31. The third-order valence-electron chi connectivity index (χ3n) is 3.67. The summed E-state index contributed by atoms with van der Waals surface area (Å²) < 4.78 is 5.74. The Hall–Kier alpha value is -0.120. The van der Waals surface area contributed by atoms with E-state index in [0.29, 0.717) is 0 Å². The average molecular weight is 242 g/mol. The molecule has 2 atom stereocenters. The van der Waals surface area contributed by atoms with Gasteiger partial charge in [0, 0.05) is 19.1 Å². The summed E-state index contributed by atoms with van der Waals surface area (Å²) in [5, 5.41) is 0. The molecule has 0 aliphatic carbocycles. The van der Waals surface area contributed by atoms with Crippen molar-refractivity contribution >= 4 is 0 Å². The van der Waals surface area contributed by atoms with Crippen LogP contribution in [0.3, 0.4) is 0 Å². The second-order valence-electron chi connectivity index (χ2n) is 5.39. The molecule has 0 bridgehead atoms. The molecule has 0 amide bonds. The molecule has 0 saturated carbocycles. The van der Waals surface area contributed by atoms with Crippen molar-refractivity contribution in [3.05, 3.63) is 0 Å². The Morgan fingerprint density at radius 3 is 2.65 bits per heavy atom. The Morgan fingerprint density at radius 2 is 1.94 bits per heavy atom. The molecule has 0 aromatic carbocycles. The lowest BCUT2D eigenvalue weighted by Crippen LogP contribution is -2.49. The predicted molar refractivity (Wildman–Crippen MR) is 73.2 cm³/mol. The maximum Gasteiger partial charge on any atom is 0.0853 e. The van der Waals surface area contributed by atoms with E-state index in [2.05, 4.69) is 18.9 Å². The number of rotatable bonds is 8. The number of ether oxygens (including phenoxy) is 1. The number of unbranched alkanes of at least 4 members (excludes halogenated alkanes) is 5. The van der Waals surface area contributed by atoms with Crippen molar-refractivity contribution in [2.24, 2.45) is 5.73 Å². The lowest BCUT2D eigenvalue weighted by atomic mass is 10.0. The average Bonchev–Trinajstić information content (AvgIpc) is 2.33. The SMILES string of the molecule is CCCCCCCCC(N)C1CN(C)CCO1. The molecule has 0 aromatic rings. The van der Waals surface area contributed by atoms with Crippen molar-refractivity contribution in [1.82, 2.24) is 4.90 Å². The number of nitrogens with zero attached hydrogens (tertiary/aromatic N) is 1. The standard InChI is InChI=1S/C14H30N2O/c1-3-4-5-6-7-8-9-13(15)14-12-16(2)10-11-17-14/h13-14H,3-12,15H2,1-2H3. The van der Waals surface area contributed by atoms with Crippen molar-refractivity contribution in [3.63, 3.8) is 0 Å². The summed E-state index contributed by atoms with van der Waals surface area (Å²) in [7, 11) is 2.15. The van der Waals surface area contributed by atoms with Crippen LogP contribution in [0.1, 0.15) is 51.9 Å². The van der Waals surface area contributed by atoms with Crippen LogP contribution in [0.5, 0.6) is 0 Å². The van der Waals surface area contributed by atoms with Crippen LogP contribution in [0.4, 0.5) is 0 Å². The van der Waals surface area contributed by atoms with Crippen LogP contribution in [0.25, 0.3) is 0 Å². The van der Waals surface area contributed by atoms with Crippen LogP contribution < -0.4 is 5.73 Å². The Labute approximate surface area is 107 Å². The molecule has 2 N–H and O–H groups in total. The largest absolute Gasteiger partial charge is 0.374 e. The number of morpholine rings is 1. The maximum absolute atomic E-state index is 6.20. The first-order valence-electron chi connectivity index (χ1n) is 7.29. The molecule has 1 aliphatic heterocycles. The first-order valence-corrected chi connectivity index (χ1v) is 7.29. The van der Waals surface area contributed by atoms with Crippen LogP contribution in [-0.4, -0.2) is 43.8 Å². The lowest BCUT2D eigenvalue weighted by molar-refractivity contribution is -0.0335. The Morgan fingerprint density at radius 1 is 1.24 bits per heavy atom. The van der Waals surface area contributed by atoms with E-state index in [1.165, 1.54) is 38.5 Å². The zero-order valence-electron chi connectivity index (χ0n) is 11.7. The summed E-state index contributed by atoms with van der Waals surface area (Å²) in [6, 6.07) is 0.226. The molecule has 0 radical (unpaired) electrons. The van der Waals surface area contributed by atoms with E-state index in [9.17, 15) is 0 Å². The van der Waals surface area contributed by atoms with Gasteiger partial charge in [0.15, 0.2) is 0 Å². The quantitative estimate of drug-likeness (QED) is 0.664. The van der Waals surface area contributed by atoms with Crippen LogP contribution in [0.15, 0.2) is 0 Å². The van der Waals surface area contributed by atoms with Crippen LogP contribution in [0.2, 0.25) is 0 Å². The fourth-order valence-corrected chi connectivity index (χ4v) is 2.42. The molecule has 0 aromatic heterocycles. The van der Waals surface area contributed by atoms with Gasteiger partial charge in [-0.15, -0.1) is 0 Å². The van der Waals surface area contributed by atoms with Gasteiger partial charge in [0.25, 0.3) is 0 Å². The molecule has 3 nitrogen and oxygen atoms in total. The van der Waals surface area contributed by atoms with Crippen LogP contribution in [-0.2, 0) is 4.74 Å². The number of likely N-dealkylation sites (N-methyl/N-ethyl adjacent to an activating group) is 1. The molecule has 1 saturated heterocycles. The monoisotopic (exact) mass is 242 g/mol. The van der Waals surface area contributed by atoms with Crippen LogP contribution in [0, 0.1) is 0 Å². The Balaban J connectivity index is 2.02. The minimum absolute atomic E-state index is 0.226. The smallest absolute Gasteiger partial charge is 0.0853 e. The number of hydrogen-bond donors (Lipinski definition) is 1. The van der Waals surface area contributed by atoms with Crippen molar-refractivity contribution in [2.45, 2.75) is 64.0 Å². The number of nitrogens with two attached hydrogens (primary N) is 1. The molecule has 1 heterocycles. The second kappa shape index (κ2) is 8.90. The molecule has 0 spiro atoms. The third kappa shape index (κ3) is 6.39. The molecule has 1 rings (SSSR count). The Kier molecular flexibility index (Phi) is 7.82. The van der Waals surface area contributed by atoms with Gasteiger partial charge in [-0.25, -0.2) is 0 Å². The highest BCUT2D eigenvalue weighted by atomic mass is 16.5. The summed E-state index contributed by atoms with van der Waals surface area (Å²) >= 11 is 0. The fraction of sp³-hybridized carbons (Fsp3) is 1.00. The van der Waals surface area contributed by atoms with Gasteiger partial charge in [-0.3, -0.25) is 0 Å². The highest BCUT2D eigenvalue weighted by Gasteiger charge is 2.23. The molecule has 102 valence electrons. The van der Waals surface area contributed by atoms with Gasteiger partial charge in [-0.05, 0) is 13.5 Å². The van der Waals surface area contributed by atoms with E-state index in [0.717, 1.165) is 26.1 Å². The van der Waals surface area contributed by atoms with Gasteiger partial charge < -0.3 is 15.4 Å². The zero-order chi connectivity index (χ0) is 12.5. The molecular formula is C14H30N2O. The topological polar surface area (TPSA) is 38.5 Å². The highest BCUT2D eigenvalue weighted by Crippen LogP contribution is 2.13. The molecule has 1 fully saturated rings. The van der Waals surface area contributed by atoms with E-state index in [4.69, 9.17) is 10.5 Å². The lowest BCUT2D eigenvalue weighted by Gasteiger charge is -2.33. The summed E-state index contributed by atoms with van der Waals surface area (Å²) in [6.07, 6.45) is 9.41. The predicted octanol–water partition coefficient (Wildman–Crippen LogP) is 2.39. The molecular weight excluding hydrogens is 212 g/mol. The Bertz CT molecular complexity index is 187. The number of hydrogen-bond acceptors (Lipinski definition) is 3. The fourth-order valence-electron chi connectivity index (χ4n) is 2.42. The molecule has 1 aliphatic rings. The maximum atomic E-state index is 6.20. The van der Waals surface area contributed by atoms with Gasteiger partial charge in [-0.1, -0.05) is 45.4 Å². The van der Waals surface area contributed by atoms with E-state index >= 15 is 0 Å². The van der Waals surface area contributed by atoms with Crippen molar-refractivity contribution in [1.29, 1.82) is 0 Å². The van der Waals surface area contributed by atoms with Gasteiger partial charge in [-0.2, -0.15) is 0 Å². The van der Waals surface area contributed by atoms with Gasteiger partial charge in [0.2, 0.25) is 0 Å².